The molecule has 1 unspecified atom stereocenters. The van der Waals surface area contributed by atoms with Crippen LogP contribution >= 0.6 is 0 Å². The summed E-state index contributed by atoms with van der Waals surface area (Å²) in [6.45, 7) is 8.21. The second-order valence-corrected chi connectivity index (χ2v) is 11.8. The van der Waals surface area contributed by atoms with Crippen LogP contribution < -0.4 is 10.6 Å². The molecule has 0 saturated carbocycles. The standard InChI is InChI=1S/C29H34N2O5S/c1-20-6-5-7-25(18-20)31-28(33)26(22-12-14-24(15-13-22)29(2,3)4)19-21-8-10-23(11-9-21)27(32)30-16-17-37(34,35)36/h5-15,18,26H,16-17,19H2,1-4H3,(H,30,32)(H,31,33)(H,34,35,36). The van der Waals surface area contributed by atoms with E-state index in [2.05, 4.69) is 43.5 Å². The fraction of sp³-hybridized carbons (Fsp3) is 0.310. The van der Waals surface area contributed by atoms with Crippen molar-refractivity contribution >= 4 is 27.6 Å². The van der Waals surface area contributed by atoms with E-state index in [1.54, 1.807) is 24.3 Å². The van der Waals surface area contributed by atoms with Crippen LogP contribution in [-0.2, 0) is 26.7 Å². The third-order valence-corrected chi connectivity index (χ3v) is 6.80. The monoisotopic (exact) mass is 522 g/mol. The van der Waals surface area contributed by atoms with Gasteiger partial charge in [-0.3, -0.25) is 14.1 Å². The predicted octanol–water partition coefficient (Wildman–Crippen LogP) is 4.88. The van der Waals surface area contributed by atoms with Crippen LogP contribution in [0.1, 0.15) is 59.3 Å². The molecule has 0 fully saturated rings. The van der Waals surface area contributed by atoms with Gasteiger partial charge in [0, 0.05) is 17.8 Å². The summed E-state index contributed by atoms with van der Waals surface area (Å²) in [6.07, 6.45) is 0.428. The zero-order valence-electron chi connectivity index (χ0n) is 21.6. The van der Waals surface area contributed by atoms with Crippen molar-refractivity contribution in [2.45, 2.75) is 45.4 Å². The number of anilines is 1. The topological polar surface area (TPSA) is 113 Å². The van der Waals surface area contributed by atoms with Gasteiger partial charge in [0.15, 0.2) is 0 Å². The lowest BCUT2D eigenvalue weighted by molar-refractivity contribution is -0.117. The Labute approximate surface area is 219 Å². The molecule has 0 aliphatic carbocycles. The van der Waals surface area contributed by atoms with E-state index in [1.165, 1.54) is 5.56 Å². The molecule has 0 aromatic heterocycles. The van der Waals surface area contributed by atoms with Crippen molar-refractivity contribution < 1.29 is 22.6 Å². The number of carbonyl (C=O) groups excluding carboxylic acids is 2. The van der Waals surface area contributed by atoms with E-state index < -0.39 is 27.7 Å². The SMILES string of the molecule is Cc1cccc(NC(=O)C(Cc2ccc(C(=O)NCCS(=O)(=O)O)cc2)c2ccc(C(C)(C)C)cc2)c1. The summed E-state index contributed by atoms with van der Waals surface area (Å²) in [7, 11) is -4.15. The van der Waals surface area contributed by atoms with Crippen LogP contribution in [0, 0.1) is 6.92 Å². The first-order chi connectivity index (χ1) is 17.3. The van der Waals surface area contributed by atoms with Crippen molar-refractivity contribution in [1.29, 1.82) is 0 Å². The normalized spacial score (nSPS) is 12.6. The van der Waals surface area contributed by atoms with Gasteiger partial charge >= 0.3 is 0 Å². The lowest BCUT2D eigenvalue weighted by Crippen LogP contribution is -2.28. The number of rotatable bonds is 9. The van der Waals surface area contributed by atoms with E-state index in [-0.39, 0.29) is 17.9 Å². The summed E-state index contributed by atoms with van der Waals surface area (Å²) in [5.41, 5.74) is 5.08. The molecule has 2 amide bonds. The average molecular weight is 523 g/mol. The molecule has 196 valence electrons. The van der Waals surface area contributed by atoms with Crippen molar-refractivity contribution in [2.24, 2.45) is 0 Å². The molecule has 0 bridgehead atoms. The van der Waals surface area contributed by atoms with E-state index in [1.807, 2.05) is 43.3 Å². The Kier molecular flexibility index (Phi) is 8.89. The van der Waals surface area contributed by atoms with Gasteiger partial charge in [-0.2, -0.15) is 8.42 Å². The number of hydrogen-bond donors (Lipinski definition) is 3. The second kappa shape index (κ2) is 11.7. The summed E-state index contributed by atoms with van der Waals surface area (Å²) < 4.78 is 30.5. The predicted molar refractivity (Wildman–Crippen MR) is 147 cm³/mol. The second-order valence-electron chi connectivity index (χ2n) is 10.2. The van der Waals surface area contributed by atoms with Gasteiger partial charge in [-0.05, 0) is 65.3 Å². The third kappa shape index (κ3) is 8.55. The maximum Gasteiger partial charge on any atom is 0.266 e. The number of amides is 2. The molecule has 0 heterocycles. The third-order valence-electron chi connectivity index (χ3n) is 6.08. The molecular formula is C29H34N2O5S. The molecule has 0 aliphatic rings. The van der Waals surface area contributed by atoms with E-state index in [9.17, 15) is 18.0 Å². The highest BCUT2D eigenvalue weighted by Crippen LogP contribution is 2.28. The van der Waals surface area contributed by atoms with E-state index in [4.69, 9.17) is 4.55 Å². The minimum absolute atomic E-state index is 0.00435. The molecule has 0 saturated heterocycles. The van der Waals surface area contributed by atoms with E-state index >= 15 is 0 Å². The molecule has 0 radical (unpaired) electrons. The number of carbonyl (C=O) groups is 2. The largest absolute Gasteiger partial charge is 0.351 e. The van der Waals surface area contributed by atoms with Crippen LogP contribution in [0.2, 0.25) is 0 Å². The first-order valence-electron chi connectivity index (χ1n) is 12.1. The number of aryl methyl sites for hydroxylation is 1. The molecule has 3 N–H and O–H groups in total. The zero-order chi connectivity index (χ0) is 27.2. The van der Waals surface area contributed by atoms with Gasteiger partial charge in [0.2, 0.25) is 5.91 Å². The van der Waals surface area contributed by atoms with Gasteiger partial charge in [0.25, 0.3) is 16.0 Å². The Bertz CT molecular complexity index is 1340. The molecule has 7 nitrogen and oxygen atoms in total. The van der Waals surface area contributed by atoms with Crippen LogP contribution in [0.3, 0.4) is 0 Å². The average Bonchev–Trinajstić information content (AvgIpc) is 2.81. The van der Waals surface area contributed by atoms with Gasteiger partial charge in [-0.25, -0.2) is 0 Å². The highest BCUT2D eigenvalue weighted by molar-refractivity contribution is 7.85. The maximum atomic E-state index is 13.4. The van der Waals surface area contributed by atoms with Crippen LogP contribution in [-0.4, -0.2) is 37.1 Å². The fourth-order valence-corrected chi connectivity index (χ4v) is 4.31. The molecule has 3 rings (SSSR count). The molecule has 1 atom stereocenters. The van der Waals surface area contributed by atoms with Crippen molar-refractivity contribution in [1.82, 2.24) is 5.32 Å². The Morgan fingerprint density at radius 1 is 0.946 bits per heavy atom. The minimum Gasteiger partial charge on any atom is -0.351 e. The molecule has 3 aromatic rings. The van der Waals surface area contributed by atoms with Gasteiger partial charge in [-0.15, -0.1) is 0 Å². The Morgan fingerprint density at radius 2 is 1.59 bits per heavy atom. The Balaban J connectivity index is 1.80. The summed E-state index contributed by atoms with van der Waals surface area (Å²) >= 11 is 0. The van der Waals surface area contributed by atoms with Crippen molar-refractivity contribution in [3.8, 4) is 0 Å². The van der Waals surface area contributed by atoms with Crippen LogP contribution in [0.15, 0.2) is 72.8 Å². The first-order valence-corrected chi connectivity index (χ1v) is 13.7. The summed E-state index contributed by atoms with van der Waals surface area (Å²) in [5.74, 6) is -1.57. The molecule has 8 heteroatoms. The van der Waals surface area contributed by atoms with E-state index in [0.29, 0.717) is 12.0 Å². The number of hydrogen-bond acceptors (Lipinski definition) is 4. The quantitative estimate of drug-likeness (QED) is 0.347. The van der Waals surface area contributed by atoms with Crippen LogP contribution in [0.4, 0.5) is 5.69 Å². The van der Waals surface area contributed by atoms with E-state index in [0.717, 1.165) is 22.4 Å². The molecule has 37 heavy (non-hydrogen) atoms. The number of nitrogens with one attached hydrogen (secondary N) is 2. The Hall–Kier alpha value is -3.49. The highest BCUT2D eigenvalue weighted by atomic mass is 32.2. The van der Waals surface area contributed by atoms with Gasteiger partial charge in [0.05, 0.1) is 11.7 Å². The van der Waals surface area contributed by atoms with Crippen LogP contribution in [0.5, 0.6) is 0 Å². The summed E-state index contributed by atoms with van der Waals surface area (Å²) in [6, 6.07) is 22.6. The molecule has 0 aliphatic heterocycles. The maximum absolute atomic E-state index is 13.4. The fourth-order valence-electron chi connectivity index (χ4n) is 3.95. The number of benzene rings is 3. The molecular weight excluding hydrogens is 488 g/mol. The summed E-state index contributed by atoms with van der Waals surface area (Å²) in [5, 5.41) is 5.51. The smallest absolute Gasteiger partial charge is 0.266 e. The van der Waals surface area contributed by atoms with Gasteiger partial charge in [-0.1, -0.05) is 69.3 Å². The molecule has 3 aromatic carbocycles. The van der Waals surface area contributed by atoms with Gasteiger partial charge < -0.3 is 10.6 Å². The minimum atomic E-state index is -4.15. The molecule has 0 spiro atoms. The first kappa shape index (κ1) is 28.1. The Morgan fingerprint density at radius 3 is 2.16 bits per heavy atom. The van der Waals surface area contributed by atoms with Gasteiger partial charge in [0.1, 0.15) is 0 Å². The zero-order valence-corrected chi connectivity index (χ0v) is 22.4. The van der Waals surface area contributed by atoms with Crippen molar-refractivity contribution in [3.05, 3.63) is 101 Å². The highest BCUT2D eigenvalue weighted by Gasteiger charge is 2.23. The van der Waals surface area contributed by atoms with Crippen LogP contribution in [0.25, 0.3) is 0 Å². The lowest BCUT2D eigenvalue weighted by atomic mass is 9.84. The lowest BCUT2D eigenvalue weighted by Gasteiger charge is -2.22. The summed E-state index contributed by atoms with van der Waals surface area (Å²) in [4.78, 5) is 25.7. The van der Waals surface area contributed by atoms with Crippen molar-refractivity contribution in [3.63, 3.8) is 0 Å². The van der Waals surface area contributed by atoms with Crippen molar-refractivity contribution in [2.75, 3.05) is 17.6 Å².